The van der Waals surface area contributed by atoms with E-state index in [2.05, 4.69) is 48.3 Å². The second-order valence-corrected chi connectivity index (χ2v) is 6.03. The van der Waals surface area contributed by atoms with Crippen LogP contribution in [-0.2, 0) is 4.74 Å². The number of rotatable bonds is 8. The monoisotopic (exact) mass is 290 g/mol. The predicted molar refractivity (Wildman–Crippen MR) is 90.0 cm³/mol. The molecule has 0 aliphatic carbocycles. The third kappa shape index (κ3) is 4.21. The lowest BCUT2D eigenvalue weighted by molar-refractivity contribution is 0.161. The molecule has 1 heterocycles. The second kappa shape index (κ2) is 8.40. The summed E-state index contributed by atoms with van der Waals surface area (Å²) in [5, 5.41) is 3.68. The molecule has 0 radical (unpaired) electrons. The SMILES string of the molecule is CCCNC(CC)c1ccccc1N1CCC(COC)C1. The van der Waals surface area contributed by atoms with Crippen LogP contribution in [0.15, 0.2) is 24.3 Å². The molecule has 0 aromatic heterocycles. The summed E-state index contributed by atoms with van der Waals surface area (Å²) in [7, 11) is 1.80. The normalized spacial score (nSPS) is 20.0. The lowest BCUT2D eigenvalue weighted by Gasteiger charge is -2.26. The summed E-state index contributed by atoms with van der Waals surface area (Å²) in [5.74, 6) is 0.673. The van der Waals surface area contributed by atoms with Gasteiger partial charge in [0.25, 0.3) is 0 Å². The minimum Gasteiger partial charge on any atom is -0.384 e. The summed E-state index contributed by atoms with van der Waals surface area (Å²) in [4.78, 5) is 2.54. The molecular weight excluding hydrogens is 260 g/mol. The van der Waals surface area contributed by atoms with Crippen LogP contribution in [0.4, 0.5) is 5.69 Å². The van der Waals surface area contributed by atoms with Gasteiger partial charge in [-0.15, -0.1) is 0 Å². The summed E-state index contributed by atoms with van der Waals surface area (Å²) >= 11 is 0. The molecule has 3 nitrogen and oxygen atoms in total. The van der Waals surface area contributed by atoms with Crippen molar-refractivity contribution in [3.63, 3.8) is 0 Å². The Hall–Kier alpha value is -1.06. The number of para-hydroxylation sites is 1. The molecule has 1 aliphatic heterocycles. The van der Waals surface area contributed by atoms with Crippen molar-refractivity contribution in [1.82, 2.24) is 5.32 Å². The first-order valence-corrected chi connectivity index (χ1v) is 8.36. The quantitative estimate of drug-likeness (QED) is 0.791. The molecule has 118 valence electrons. The Kier molecular flexibility index (Phi) is 6.52. The van der Waals surface area contributed by atoms with Gasteiger partial charge in [-0.25, -0.2) is 0 Å². The van der Waals surface area contributed by atoms with Gasteiger partial charge in [-0.2, -0.15) is 0 Å². The second-order valence-electron chi connectivity index (χ2n) is 6.03. The number of methoxy groups -OCH3 is 1. The number of hydrogen-bond donors (Lipinski definition) is 1. The third-order valence-corrected chi connectivity index (χ3v) is 4.39. The van der Waals surface area contributed by atoms with Gasteiger partial charge in [-0.1, -0.05) is 32.0 Å². The standard InChI is InChI=1S/C18H30N2O/c1-4-11-19-17(5-2)16-8-6-7-9-18(16)20-12-10-15(13-20)14-21-3/h6-9,15,17,19H,4-5,10-14H2,1-3H3. The van der Waals surface area contributed by atoms with Crippen molar-refractivity contribution in [2.24, 2.45) is 5.92 Å². The van der Waals surface area contributed by atoms with Gasteiger partial charge in [0, 0.05) is 37.8 Å². The molecule has 0 amide bonds. The zero-order valence-corrected chi connectivity index (χ0v) is 13.8. The molecule has 1 aromatic rings. The van der Waals surface area contributed by atoms with Crippen LogP contribution in [0, 0.1) is 5.92 Å². The van der Waals surface area contributed by atoms with Crippen molar-refractivity contribution >= 4 is 5.69 Å². The van der Waals surface area contributed by atoms with Crippen LogP contribution in [0.3, 0.4) is 0 Å². The van der Waals surface area contributed by atoms with Gasteiger partial charge in [-0.3, -0.25) is 0 Å². The summed E-state index contributed by atoms with van der Waals surface area (Å²) in [5.41, 5.74) is 2.86. The molecule has 1 N–H and O–H groups in total. The molecule has 2 rings (SSSR count). The van der Waals surface area contributed by atoms with E-state index in [1.807, 2.05) is 0 Å². The van der Waals surface area contributed by atoms with E-state index in [1.165, 1.54) is 24.1 Å². The van der Waals surface area contributed by atoms with E-state index in [-0.39, 0.29) is 0 Å². The fraction of sp³-hybridized carbons (Fsp3) is 0.667. The van der Waals surface area contributed by atoms with Crippen LogP contribution >= 0.6 is 0 Å². The third-order valence-electron chi connectivity index (χ3n) is 4.39. The average Bonchev–Trinajstić information content (AvgIpc) is 2.97. The van der Waals surface area contributed by atoms with Gasteiger partial charge in [-0.05, 0) is 37.4 Å². The maximum atomic E-state index is 5.32. The summed E-state index contributed by atoms with van der Waals surface area (Å²) in [6.07, 6.45) is 3.55. The molecule has 2 atom stereocenters. The molecule has 2 unspecified atom stereocenters. The molecule has 1 saturated heterocycles. The fourth-order valence-corrected chi connectivity index (χ4v) is 3.29. The van der Waals surface area contributed by atoms with E-state index in [4.69, 9.17) is 4.74 Å². The molecule has 1 aliphatic rings. The number of benzene rings is 1. The zero-order chi connectivity index (χ0) is 15.1. The largest absolute Gasteiger partial charge is 0.384 e. The van der Waals surface area contributed by atoms with Crippen LogP contribution in [0.2, 0.25) is 0 Å². The highest BCUT2D eigenvalue weighted by Crippen LogP contribution is 2.32. The highest BCUT2D eigenvalue weighted by molar-refractivity contribution is 5.55. The molecule has 1 fully saturated rings. The van der Waals surface area contributed by atoms with Crippen LogP contribution in [-0.4, -0.2) is 33.4 Å². The summed E-state index contributed by atoms with van der Waals surface area (Å²) < 4.78 is 5.32. The number of anilines is 1. The van der Waals surface area contributed by atoms with Crippen molar-refractivity contribution in [1.29, 1.82) is 0 Å². The van der Waals surface area contributed by atoms with Crippen LogP contribution < -0.4 is 10.2 Å². The van der Waals surface area contributed by atoms with Crippen LogP contribution in [0.25, 0.3) is 0 Å². The van der Waals surface area contributed by atoms with E-state index in [0.717, 1.165) is 32.7 Å². The Bertz CT molecular complexity index is 421. The Morgan fingerprint density at radius 1 is 1.33 bits per heavy atom. The fourth-order valence-electron chi connectivity index (χ4n) is 3.29. The predicted octanol–water partition coefficient (Wildman–Crippen LogP) is 3.61. The van der Waals surface area contributed by atoms with E-state index in [9.17, 15) is 0 Å². The Morgan fingerprint density at radius 3 is 2.86 bits per heavy atom. The van der Waals surface area contributed by atoms with Gasteiger partial charge in [0.15, 0.2) is 0 Å². The number of ether oxygens (including phenoxy) is 1. The minimum atomic E-state index is 0.461. The number of hydrogen-bond acceptors (Lipinski definition) is 3. The van der Waals surface area contributed by atoms with Crippen molar-refractivity contribution in [2.75, 3.05) is 38.3 Å². The van der Waals surface area contributed by atoms with E-state index < -0.39 is 0 Å². The number of nitrogens with zero attached hydrogens (tertiary/aromatic N) is 1. The van der Waals surface area contributed by atoms with E-state index in [0.29, 0.717) is 12.0 Å². The first-order chi connectivity index (χ1) is 10.3. The first-order valence-electron chi connectivity index (χ1n) is 8.36. The van der Waals surface area contributed by atoms with Gasteiger partial charge in [0.2, 0.25) is 0 Å². The zero-order valence-electron chi connectivity index (χ0n) is 13.8. The Morgan fingerprint density at radius 2 is 2.14 bits per heavy atom. The van der Waals surface area contributed by atoms with Gasteiger partial charge in [0.1, 0.15) is 0 Å². The lowest BCUT2D eigenvalue weighted by Crippen LogP contribution is -2.27. The Labute approximate surface area is 129 Å². The molecule has 21 heavy (non-hydrogen) atoms. The van der Waals surface area contributed by atoms with E-state index in [1.54, 1.807) is 7.11 Å². The molecule has 1 aromatic carbocycles. The maximum Gasteiger partial charge on any atom is 0.0508 e. The highest BCUT2D eigenvalue weighted by Gasteiger charge is 2.25. The summed E-state index contributed by atoms with van der Waals surface area (Å²) in [6, 6.07) is 9.35. The highest BCUT2D eigenvalue weighted by atomic mass is 16.5. The van der Waals surface area contributed by atoms with Crippen molar-refractivity contribution in [3.05, 3.63) is 29.8 Å². The lowest BCUT2D eigenvalue weighted by atomic mass is 10.0. The van der Waals surface area contributed by atoms with Crippen LogP contribution in [0.1, 0.15) is 44.7 Å². The minimum absolute atomic E-state index is 0.461. The van der Waals surface area contributed by atoms with Crippen molar-refractivity contribution in [2.45, 2.75) is 39.2 Å². The van der Waals surface area contributed by atoms with Crippen LogP contribution in [0.5, 0.6) is 0 Å². The smallest absolute Gasteiger partial charge is 0.0508 e. The maximum absolute atomic E-state index is 5.32. The van der Waals surface area contributed by atoms with Crippen molar-refractivity contribution < 1.29 is 4.74 Å². The number of nitrogens with one attached hydrogen (secondary N) is 1. The molecule has 0 saturated carbocycles. The molecule has 0 spiro atoms. The van der Waals surface area contributed by atoms with Crippen molar-refractivity contribution in [3.8, 4) is 0 Å². The van der Waals surface area contributed by atoms with Gasteiger partial charge < -0.3 is 15.0 Å². The molecule has 0 bridgehead atoms. The average molecular weight is 290 g/mol. The molecular formula is C18H30N2O. The van der Waals surface area contributed by atoms with E-state index >= 15 is 0 Å². The van der Waals surface area contributed by atoms with Gasteiger partial charge in [0.05, 0.1) is 6.61 Å². The topological polar surface area (TPSA) is 24.5 Å². The molecule has 3 heteroatoms. The first kappa shape index (κ1) is 16.3. The summed E-state index contributed by atoms with van der Waals surface area (Å²) in [6.45, 7) is 8.72. The van der Waals surface area contributed by atoms with Gasteiger partial charge >= 0.3 is 0 Å². The Balaban J connectivity index is 2.13.